The van der Waals surface area contributed by atoms with Gasteiger partial charge in [-0.25, -0.2) is 0 Å². The van der Waals surface area contributed by atoms with Gasteiger partial charge >= 0.3 is 0 Å². The van der Waals surface area contributed by atoms with Gasteiger partial charge in [0.15, 0.2) is 0 Å². The molecule has 0 aliphatic rings. The molecule has 2 nitrogen and oxygen atoms in total. The van der Waals surface area contributed by atoms with Gasteiger partial charge in [0.1, 0.15) is 13.1 Å². The Kier molecular flexibility index (Phi) is 6.58. The maximum atomic E-state index is 2.52. The summed E-state index contributed by atoms with van der Waals surface area (Å²) in [5.74, 6) is 0. The summed E-state index contributed by atoms with van der Waals surface area (Å²) < 4.78 is 5.04. The SMILES string of the molecule is c1ccc2c(c1)cc1ccccc1[n+]2CCCCCCCC[n+]1c2ccccc2cc2ccccc21. The molecule has 36 heavy (non-hydrogen) atoms. The largest absolute Gasteiger partial charge is 0.212 e. The van der Waals surface area contributed by atoms with Crippen LogP contribution >= 0.6 is 0 Å². The second-order valence-corrected chi connectivity index (χ2v) is 9.95. The summed E-state index contributed by atoms with van der Waals surface area (Å²) in [7, 11) is 0. The lowest BCUT2D eigenvalue weighted by molar-refractivity contribution is -0.646. The minimum absolute atomic E-state index is 1.08. The highest BCUT2D eigenvalue weighted by atomic mass is 15.0. The van der Waals surface area contributed by atoms with Crippen LogP contribution in [0.2, 0.25) is 0 Å². The van der Waals surface area contributed by atoms with Crippen LogP contribution in [0, 0.1) is 0 Å². The summed E-state index contributed by atoms with van der Waals surface area (Å²) in [6, 6.07) is 39.8. The molecule has 0 aliphatic carbocycles. The molecular weight excluding hydrogens is 436 g/mol. The first kappa shape index (κ1) is 22.7. The minimum atomic E-state index is 1.08. The van der Waals surface area contributed by atoms with Crippen LogP contribution in [-0.2, 0) is 13.1 Å². The molecule has 0 spiro atoms. The third-order valence-corrected chi connectivity index (χ3v) is 7.55. The number of para-hydroxylation sites is 4. The molecule has 178 valence electrons. The van der Waals surface area contributed by atoms with Crippen LogP contribution in [0.15, 0.2) is 109 Å². The van der Waals surface area contributed by atoms with Gasteiger partial charge in [-0.15, -0.1) is 0 Å². The molecule has 0 amide bonds. The standard InChI is InChI=1S/C34H34N2/c1(3-13-23-35-31-19-9-5-15-27(31)25-28-16-6-10-20-32(28)35)2-4-14-24-36-33-21-11-7-17-29(33)26-30-18-8-12-22-34(30)36/h5-12,15-22,25-26H,1-4,13-14,23-24H2/q+2. The highest BCUT2D eigenvalue weighted by molar-refractivity contribution is 5.89. The zero-order chi connectivity index (χ0) is 24.2. The molecule has 0 bridgehead atoms. The van der Waals surface area contributed by atoms with E-state index in [2.05, 4.69) is 118 Å². The Labute approximate surface area is 213 Å². The predicted octanol–water partition coefficient (Wildman–Crippen LogP) is 7.92. The number of benzene rings is 4. The fraction of sp³-hybridized carbons (Fsp3) is 0.235. The zero-order valence-corrected chi connectivity index (χ0v) is 20.9. The third-order valence-electron chi connectivity index (χ3n) is 7.55. The summed E-state index contributed by atoms with van der Waals surface area (Å²) >= 11 is 0. The maximum absolute atomic E-state index is 2.52. The van der Waals surface area contributed by atoms with Crippen molar-refractivity contribution in [3.63, 3.8) is 0 Å². The van der Waals surface area contributed by atoms with Crippen LogP contribution in [0.3, 0.4) is 0 Å². The lowest BCUT2D eigenvalue weighted by atomic mass is 10.1. The monoisotopic (exact) mass is 470 g/mol. The Morgan fingerprint density at radius 1 is 0.333 bits per heavy atom. The Balaban J connectivity index is 1.05. The number of rotatable bonds is 9. The van der Waals surface area contributed by atoms with Crippen molar-refractivity contribution in [3.05, 3.63) is 109 Å². The van der Waals surface area contributed by atoms with Crippen molar-refractivity contribution in [1.29, 1.82) is 0 Å². The average molecular weight is 471 g/mol. The molecule has 0 saturated heterocycles. The first-order chi connectivity index (χ1) is 17.9. The van der Waals surface area contributed by atoms with Crippen molar-refractivity contribution in [2.75, 3.05) is 0 Å². The van der Waals surface area contributed by atoms with E-state index in [4.69, 9.17) is 0 Å². The van der Waals surface area contributed by atoms with Crippen LogP contribution in [0.4, 0.5) is 0 Å². The van der Waals surface area contributed by atoms with Gasteiger partial charge in [0.2, 0.25) is 22.1 Å². The van der Waals surface area contributed by atoms with Crippen LogP contribution < -0.4 is 9.13 Å². The van der Waals surface area contributed by atoms with Gasteiger partial charge in [-0.1, -0.05) is 61.4 Å². The first-order valence-corrected chi connectivity index (χ1v) is 13.5. The molecule has 2 heteroatoms. The lowest BCUT2D eigenvalue weighted by Gasteiger charge is -2.07. The van der Waals surface area contributed by atoms with Crippen LogP contribution in [0.1, 0.15) is 38.5 Å². The lowest BCUT2D eigenvalue weighted by Crippen LogP contribution is -2.35. The number of fused-ring (bicyclic) bond motifs is 4. The van der Waals surface area contributed by atoms with Gasteiger partial charge in [0, 0.05) is 58.7 Å². The van der Waals surface area contributed by atoms with E-state index in [0.717, 1.165) is 13.1 Å². The van der Waals surface area contributed by atoms with Crippen LogP contribution in [0.25, 0.3) is 43.6 Å². The highest BCUT2D eigenvalue weighted by Gasteiger charge is 2.15. The molecular formula is C34H34N2+2. The maximum Gasteiger partial charge on any atom is 0.212 e. The molecule has 6 aromatic rings. The topological polar surface area (TPSA) is 7.76 Å². The van der Waals surface area contributed by atoms with E-state index in [0.29, 0.717) is 0 Å². The Bertz CT molecular complexity index is 1420. The van der Waals surface area contributed by atoms with Crippen molar-refractivity contribution >= 4 is 43.6 Å². The summed E-state index contributed by atoms with van der Waals surface area (Å²) in [4.78, 5) is 0. The highest BCUT2D eigenvalue weighted by Crippen LogP contribution is 2.20. The molecule has 0 atom stereocenters. The second-order valence-electron chi connectivity index (χ2n) is 9.95. The quantitative estimate of drug-likeness (QED) is 0.115. The molecule has 2 aromatic heterocycles. The van der Waals surface area contributed by atoms with Crippen molar-refractivity contribution in [1.82, 2.24) is 0 Å². The minimum Gasteiger partial charge on any atom is -0.191 e. The van der Waals surface area contributed by atoms with Gasteiger partial charge in [-0.3, -0.25) is 0 Å². The summed E-state index contributed by atoms with van der Waals surface area (Å²) in [6.45, 7) is 2.17. The predicted molar refractivity (Wildman–Crippen MR) is 151 cm³/mol. The average Bonchev–Trinajstić information content (AvgIpc) is 2.93. The molecule has 4 aromatic carbocycles. The number of aromatic nitrogens is 2. The third kappa shape index (κ3) is 4.56. The van der Waals surface area contributed by atoms with Crippen molar-refractivity contribution in [2.45, 2.75) is 51.6 Å². The van der Waals surface area contributed by atoms with Crippen LogP contribution in [0.5, 0.6) is 0 Å². The van der Waals surface area contributed by atoms with E-state index in [1.54, 1.807) is 0 Å². The van der Waals surface area contributed by atoms with Crippen molar-refractivity contribution in [2.24, 2.45) is 0 Å². The summed E-state index contributed by atoms with van der Waals surface area (Å²) in [6.07, 6.45) is 7.65. The van der Waals surface area contributed by atoms with Gasteiger partial charge < -0.3 is 0 Å². The molecule has 2 heterocycles. The molecule has 0 radical (unpaired) electrons. The van der Waals surface area contributed by atoms with E-state index in [1.807, 2.05) is 0 Å². The normalized spacial score (nSPS) is 11.7. The number of unbranched alkanes of at least 4 members (excludes halogenated alkanes) is 5. The molecule has 0 unspecified atom stereocenters. The Hall–Kier alpha value is -3.78. The summed E-state index contributed by atoms with van der Waals surface area (Å²) in [5.41, 5.74) is 5.37. The molecule has 0 saturated carbocycles. The number of hydrogen-bond donors (Lipinski definition) is 0. The van der Waals surface area contributed by atoms with Crippen LogP contribution in [-0.4, -0.2) is 0 Å². The Morgan fingerprint density at radius 3 is 0.944 bits per heavy atom. The zero-order valence-electron chi connectivity index (χ0n) is 20.9. The van der Waals surface area contributed by atoms with Crippen molar-refractivity contribution < 1.29 is 9.13 Å². The van der Waals surface area contributed by atoms with Gasteiger partial charge in [-0.2, -0.15) is 9.13 Å². The van der Waals surface area contributed by atoms with Gasteiger partial charge in [0.05, 0.1) is 0 Å². The first-order valence-electron chi connectivity index (χ1n) is 13.5. The van der Waals surface area contributed by atoms with E-state index >= 15 is 0 Å². The molecule has 0 N–H and O–H groups in total. The number of hydrogen-bond acceptors (Lipinski definition) is 0. The van der Waals surface area contributed by atoms with E-state index in [1.165, 1.54) is 82.1 Å². The smallest absolute Gasteiger partial charge is 0.191 e. The molecule has 6 rings (SSSR count). The van der Waals surface area contributed by atoms with Gasteiger partial charge in [0.25, 0.3) is 0 Å². The number of nitrogens with zero attached hydrogens (tertiary/aromatic N) is 2. The molecule has 0 aliphatic heterocycles. The second kappa shape index (κ2) is 10.5. The van der Waals surface area contributed by atoms with E-state index in [-0.39, 0.29) is 0 Å². The van der Waals surface area contributed by atoms with Crippen molar-refractivity contribution in [3.8, 4) is 0 Å². The van der Waals surface area contributed by atoms with Gasteiger partial charge in [-0.05, 0) is 49.2 Å². The number of aryl methyl sites for hydroxylation is 2. The van der Waals surface area contributed by atoms with E-state index in [9.17, 15) is 0 Å². The summed E-state index contributed by atoms with van der Waals surface area (Å²) in [5, 5.41) is 5.31. The van der Waals surface area contributed by atoms with E-state index < -0.39 is 0 Å². The fourth-order valence-corrected chi connectivity index (χ4v) is 5.74. The number of pyridine rings is 2. The molecule has 0 fully saturated rings. The fourth-order valence-electron chi connectivity index (χ4n) is 5.74. The Morgan fingerprint density at radius 2 is 0.611 bits per heavy atom.